The number of carbonyl (C=O) groups is 1. The smallest absolute Gasteiger partial charge is 0.301 e. The predicted octanol–water partition coefficient (Wildman–Crippen LogP) is 2.54. The van der Waals surface area contributed by atoms with Crippen molar-refractivity contribution in [3.63, 3.8) is 0 Å². The molecule has 0 aliphatic carbocycles. The predicted molar refractivity (Wildman–Crippen MR) is 58.9 cm³/mol. The molecule has 3 rings (SSSR count). The van der Waals surface area contributed by atoms with Crippen molar-refractivity contribution < 1.29 is 18.0 Å². The van der Waals surface area contributed by atoms with Crippen LogP contribution in [0.2, 0.25) is 0 Å². The molecule has 18 heavy (non-hydrogen) atoms. The first-order valence-corrected chi connectivity index (χ1v) is 5.24. The van der Waals surface area contributed by atoms with Crippen molar-refractivity contribution in [2.45, 2.75) is 6.18 Å². The highest BCUT2D eigenvalue weighted by Crippen LogP contribution is 2.41. The van der Waals surface area contributed by atoms with E-state index in [0.717, 1.165) is 6.07 Å². The molecule has 1 amide bonds. The van der Waals surface area contributed by atoms with Crippen molar-refractivity contribution in [1.82, 2.24) is 4.90 Å². The number of carbonyl (C=O) groups excluding carboxylic acids is 1. The molecule has 3 nitrogen and oxygen atoms in total. The Balaban J connectivity index is 2.27. The maximum absolute atomic E-state index is 12.9. The normalized spacial score (nSPS) is 17.6. The van der Waals surface area contributed by atoms with Gasteiger partial charge in [-0.15, -0.1) is 0 Å². The monoisotopic (exact) mass is 252 g/mol. The molecule has 0 bridgehead atoms. The molecular formula is C12H7F3N2O. The average molecular weight is 252 g/mol. The summed E-state index contributed by atoms with van der Waals surface area (Å²) in [7, 11) is 0. The molecule has 0 aromatic heterocycles. The number of hydrogen-bond acceptors (Lipinski definition) is 2. The largest absolute Gasteiger partial charge is 0.417 e. The van der Waals surface area contributed by atoms with E-state index in [0.29, 0.717) is 11.3 Å². The van der Waals surface area contributed by atoms with Gasteiger partial charge in [-0.2, -0.15) is 13.2 Å². The summed E-state index contributed by atoms with van der Waals surface area (Å²) in [5, 5.41) is 0. The van der Waals surface area contributed by atoms with Crippen molar-refractivity contribution in [2.24, 2.45) is 4.99 Å². The summed E-state index contributed by atoms with van der Waals surface area (Å²) in [4.78, 5) is 17.2. The van der Waals surface area contributed by atoms with Crippen LogP contribution in [0.3, 0.4) is 0 Å². The minimum atomic E-state index is -4.53. The lowest BCUT2D eigenvalue weighted by Gasteiger charge is -2.17. The molecule has 0 atom stereocenters. The van der Waals surface area contributed by atoms with Crippen LogP contribution < -0.4 is 0 Å². The first-order chi connectivity index (χ1) is 8.50. The summed E-state index contributed by atoms with van der Waals surface area (Å²) in [6.45, 7) is 0.205. The summed E-state index contributed by atoms with van der Waals surface area (Å²) >= 11 is 0. The summed E-state index contributed by atoms with van der Waals surface area (Å²) in [6.07, 6.45) is -1.63. The van der Waals surface area contributed by atoms with Gasteiger partial charge in [0, 0.05) is 11.8 Å². The highest BCUT2D eigenvalue weighted by Gasteiger charge is 2.42. The number of alkyl halides is 3. The number of fused-ring (bicyclic) bond motifs is 3. The van der Waals surface area contributed by atoms with Crippen LogP contribution in [0, 0.1) is 0 Å². The molecule has 6 heteroatoms. The molecule has 1 aromatic carbocycles. The van der Waals surface area contributed by atoms with Crippen LogP contribution in [0.5, 0.6) is 0 Å². The Morgan fingerprint density at radius 3 is 2.78 bits per heavy atom. The Morgan fingerprint density at radius 2 is 2.06 bits per heavy atom. The SMILES string of the molecule is O=C1c2c(cccc2C(F)(F)F)C2=CN=CCN12. The van der Waals surface area contributed by atoms with E-state index < -0.39 is 17.6 Å². The fraction of sp³-hybridized carbons (Fsp3) is 0.167. The Morgan fingerprint density at radius 1 is 1.28 bits per heavy atom. The first-order valence-electron chi connectivity index (χ1n) is 5.24. The van der Waals surface area contributed by atoms with Crippen LogP contribution in [-0.2, 0) is 6.18 Å². The first kappa shape index (κ1) is 11.0. The molecule has 0 N–H and O–H groups in total. The van der Waals surface area contributed by atoms with E-state index in [1.54, 1.807) is 0 Å². The van der Waals surface area contributed by atoms with Crippen LogP contribution in [0.15, 0.2) is 29.4 Å². The van der Waals surface area contributed by atoms with Crippen LogP contribution in [0.1, 0.15) is 21.5 Å². The maximum Gasteiger partial charge on any atom is 0.417 e. The molecule has 2 aliphatic heterocycles. The van der Waals surface area contributed by atoms with Gasteiger partial charge in [0.05, 0.1) is 29.6 Å². The zero-order valence-electron chi connectivity index (χ0n) is 9.03. The quantitative estimate of drug-likeness (QED) is 0.698. The van der Waals surface area contributed by atoms with E-state index in [9.17, 15) is 18.0 Å². The lowest BCUT2D eigenvalue weighted by atomic mass is 10.0. The van der Waals surface area contributed by atoms with Gasteiger partial charge in [0.2, 0.25) is 0 Å². The summed E-state index contributed by atoms with van der Waals surface area (Å²) < 4.78 is 38.6. The Labute approximate surface area is 100 Å². The minimum absolute atomic E-state index is 0.205. The van der Waals surface area contributed by atoms with Crippen LogP contribution in [-0.4, -0.2) is 23.6 Å². The molecule has 1 aromatic rings. The molecule has 2 heterocycles. The highest BCUT2D eigenvalue weighted by molar-refractivity contribution is 6.11. The van der Waals surface area contributed by atoms with E-state index >= 15 is 0 Å². The number of rotatable bonds is 0. The van der Waals surface area contributed by atoms with Gasteiger partial charge in [0.25, 0.3) is 5.91 Å². The second-order valence-corrected chi connectivity index (χ2v) is 3.99. The third-order valence-electron chi connectivity index (χ3n) is 2.96. The third kappa shape index (κ3) is 1.38. The number of hydrogen-bond donors (Lipinski definition) is 0. The molecule has 0 fully saturated rings. The summed E-state index contributed by atoms with van der Waals surface area (Å²) in [5.74, 6) is -0.615. The van der Waals surface area contributed by atoms with Gasteiger partial charge < -0.3 is 4.90 Å². The fourth-order valence-electron chi connectivity index (χ4n) is 2.19. The summed E-state index contributed by atoms with van der Waals surface area (Å²) in [5.41, 5.74) is -0.433. The van der Waals surface area contributed by atoms with Gasteiger partial charge in [-0.25, -0.2) is 0 Å². The Hall–Kier alpha value is -2.11. The number of aliphatic imine (C=N–C) groups is 1. The molecule has 2 aliphatic rings. The Bertz CT molecular complexity index is 602. The average Bonchev–Trinajstić information content (AvgIpc) is 2.63. The van der Waals surface area contributed by atoms with Crippen molar-refractivity contribution in [3.8, 4) is 0 Å². The molecule has 92 valence electrons. The highest BCUT2D eigenvalue weighted by atomic mass is 19.4. The molecular weight excluding hydrogens is 245 g/mol. The molecule has 0 saturated carbocycles. The zero-order chi connectivity index (χ0) is 12.9. The van der Waals surface area contributed by atoms with Crippen LogP contribution >= 0.6 is 0 Å². The van der Waals surface area contributed by atoms with Gasteiger partial charge in [0.1, 0.15) is 0 Å². The van der Waals surface area contributed by atoms with Gasteiger partial charge >= 0.3 is 6.18 Å². The number of amides is 1. The molecule has 0 saturated heterocycles. The number of halogens is 3. The van der Waals surface area contributed by atoms with Gasteiger partial charge in [-0.05, 0) is 6.07 Å². The van der Waals surface area contributed by atoms with Crippen molar-refractivity contribution in [3.05, 3.63) is 41.1 Å². The van der Waals surface area contributed by atoms with Crippen LogP contribution in [0.25, 0.3) is 5.70 Å². The second-order valence-electron chi connectivity index (χ2n) is 3.99. The molecule has 0 unspecified atom stereocenters. The van der Waals surface area contributed by atoms with Crippen LogP contribution in [0.4, 0.5) is 13.2 Å². The Kier molecular flexibility index (Phi) is 2.10. The van der Waals surface area contributed by atoms with E-state index in [1.165, 1.54) is 29.4 Å². The molecule has 0 radical (unpaired) electrons. The van der Waals surface area contributed by atoms with Crippen molar-refractivity contribution in [1.29, 1.82) is 0 Å². The molecule has 0 spiro atoms. The lowest BCUT2D eigenvalue weighted by Crippen LogP contribution is -2.27. The lowest BCUT2D eigenvalue weighted by molar-refractivity contribution is -0.137. The maximum atomic E-state index is 12.9. The van der Waals surface area contributed by atoms with E-state index in [-0.39, 0.29) is 12.1 Å². The number of benzene rings is 1. The zero-order valence-corrected chi connectivity index (χ0v) is 9.03. The van der Waals surface area contributed by atoms with Gasteiger partial charge in [-0.1, -0.05) is 12.1 Å². The topological polar surface area (TPSA) is 32.7 Å². The minimum Gasteiger partial charge on any atom is -0.301 e. The standard InChI is InChI=1S/C12H7F3N2O/c13-12(14,15)8-3-1-2-7-9-6-16-4-5-17(9)11(18)10(7)8/h1-4,6H,5H2. The van der Waals surface area contributed by atoms with E-state index in [4.69, 9.17) is 0 Å². The van der Waals surface area contributed by atoms with E-state index in [2.05, 4.69) is 4.99 Å². The van der Waals surface area contributed by atoms with Crippen molar-refractivity contribution in [2.75, 3.05) is 6.54 Å². The van der Waals surface area contributed by atoms with Crippen molar-refractivity contribution >= 4 is 17.8 Å². The fourth-order valence-corrected chi connectivity index (χ4v) is 2.19. The van der Waals surface area contributed by atoms with E-state index in [1.807, 2.05) is 0 Å². The van der Waals surface area contributed by atoms with Gasteiger partial charge in [0.15, 0.2) is 0 Å². The van der Waals surface area contributed by atoms with Gasteiger partial charge in [-0.3, -0.25) is 9.79 Å². The third-order valence-corrected chi connectivity index (χ3v) is 2.96. The second kappa shape index (κ2) is 3.44. The summed E-state index contributed by atoms with van der Waals surface area (Å²) in [6, 6.07) is 3.74. The number of nitrogens with zero attached hydrogens (tertiary/aromatic N) is 2.